The molecule has 0 saturated carbocycles. The number of alkyl halides is 3. The van der Waals surface area contributed by atoms with E-state index in [-0.39, 0.29) is 24.5 Å². The molecular formula is C21H24F3NO4. The molecule has 0 aliphatic carbocycles. The van der Waals surface area contributed by atoms with Crippen LogP contribution in [0.3, 0.4) is 0 Å². The number of hydrogen-bond donors (Lipinski definition) is 1. The largest absolute Gasteiger partial charge is 0.460 e. The lowest BCUT2D eigenvalue weighted by molar-refractivity contribution is -0.137. The molecule has 0 atom stereocenters. The minimum atomic E-state index is -4.45. The Morgan fingerprint density at radius 1 is 0.931 bits per heavy atom. The van der Waals surface area contributed by atoms with Gasteiger partial charge in [0.15, 0.2) is 0 Å². The van der Waals surface area contributed by atoms with Crippen LogP contribution in [0, 0.1) is 0 Å². The molecule has 0 aromatic heterocycles. The van der Waals surface area contributed by atoms with Crippen molar-refractivity contribution in [3.8, 4) is 0 Å². The summed E-state index contributed by atoms with van der Waals surface area (Å²) in [5.41, 5.74) is 0.0139. The zero-order valence-corrected chi connectivity index (χ0v) is 16.1. The molecule has 2 aromatic rings. The SMILES string of the molecule is CCCOCCOCCOC(=O)c1ccccc1Nc1cccc(C(F)(F)F)c1. The third-order valence-corrected chi connectivity index (χ3v) is 3.80. The van der Waals surface area contributed by atoms with Gasteiger partial charge in [-0.05, 0) is 36.8 Å². The van der Waals surface area contributed by atoms with Gasteiger partial charge in [-0.15, -0.1) is 0 Å². The molecule has 5 nitrogen and oxygen atoms in total. The van der Waals surface area contributed by atoms with Crippen molar-refractivity contribution < 1.29 is 32.2 Å². The predicted molar refractivity (Wildman–Crippen MR) is 103 cm³/mol. The lowest BCUT2D eigenvalue weighted by Gasteiger charge is -2.13. The fourth-order valence-corrected chi connectivity index (χ4v) is 2.44. The maximum absolute atomic E-state index is 12.9. The monoisotopic (exact) mass is 411 g/mol. The number of ether oxygens (including phenoxy) is 3. The van der Waals surface area contributed by atoms with Crippen molar-refractivity contribution >= 4 is 17.3 Å². The second-order valence-electron chi connectivity index (χ2n) is 6.11. The lowest BCUT2D eigenvalue weighted by atomic mass is 10.1. The topological polar surface area (TPSA) is 56.8 Å². The summed E-state index contributed by atoms with van der Waals surface area (Å²) in [6, 6.07) is 11.2. The smallest absolute Gasteiger partial charge is 0.416 e. The number of para-hydroxylation sites is 1. The van der Waals surface area contributed by atoms with Crippen molar-refractivity contribution in [3.05, 3.63) is 59.7 Å². The van der Waals surface area contributed by atoms with Crippen LogP contribution in [0.4, 0.5) is 24.5 Å². The number of nitrogens with one attached hydrogen (secondary N) is 1. The van der Waals surface area contributed by atoms with Crippen molar-refractivity contribution in [2.24, 2.45) is 0 Å². The molecule has 8 heteroatoms. The molecule has 0 radical (unpaired) electrons. The van der Waals surface area contributed by atoms with Gasteiger partial charge in [-0.3, -0.25) is 0 Å². The van der Waals surface area contributed by atoms with Gasteiger partial charge in [-0.2, -0.15) is 13.2 Å². The van der Waals surface area contributed by atoms with E-state index in [2.05, 4.69) is 5.32 Å². The summed E-state index contributed by atoms with van der Waals surface area (Å²) < 4.78 is 54.4. The summed E-state index contributed by atoms with van der Waals surface area (Å²) in [7, 11) is 0. The number of carbonyl (C=O) groups is 1. The molecule has 0 bridgehead atoms. The Balaban J connectivity index is 1.91. The van der Waals surface area contributed by atoms with Crippen LogP contribution in [-0.4, -0.2) is 39.0 Å². The van der Waals surface area contributed by atoms with E-state index in [0.717, 1.165) is 18.6 Å². The molecule has 29 heavy (non-hydrogen) atoms. The maximum atomic E-state index is 12.9. The van der Waals surface area contributed by atoms with Crippen molar-refractivity contribution in [2.75, 3.05) is 38.4 Å². The Bertz CT molecular complexity index is 781. The lowest BCUT2D eigenvalue weighted by Crippen LogP contribution is -2.14. The van der Waals surface area contributed by atoms with Crippen molar-refractivity contribution in [1.82, 2.24) is 0 Å². The molecule has 0 aliphatic heterocycles. The molecule has 0 heterocycles. The van der Waals surface area contributed by atoms with E-state index in [4.69, 9.17) is 14.2 Å². The summed E-state index contributed by atoms with van der Waals surface area (Å²) in [5, 5.41) is 2.85. The Morgan fingerprint density at radius 2 is 1.62 bits per heavy atom. The molecular weight excluding hydrogens is 387 g/mol. The van der Waals surface area contributed by atoms with Gasteiger partial charge in [0.25, 0.3) is 0 Å². The van der Waals surface area contributed by atoms with Crippen LogP contribution in [0.25, 0.3) is 0 Å². The molecule has 2 aromatic carbocycles. The van der Waals surface area contributed by atoms with Gasteiger partial charge in [0.1, 0.15) is 6.61 Å². The first-order valence-corrected chi connectivity index (χ1v) is 9.27. The molecule has 2 rings (SSSR count). The maximum Gasteiger partial charge on any atom is 0.416 e. The molecule has 0 aliphatic rings. The van der Waals surface area contributed by atoms with E-state index in [9.17, 15) is 18.0 Å². The quantitative estimate of drug-likeness (QED) is 0.414. The van der Waals surface area contributed by atoms with Crippen LogP contribution in [0.5, 0.6) is 0 Å². The zero-order valence-electron chi connectivity index (χ0n) is 16.1. The Hall–Kier alpha value is -2.58. The minimum absolute atomic E-state index is 0.0600. The van der Waals surface area contributed by atoms with Crippen LogP contribution >= 0.6 is 0 Å². The summed E-state index contributed by atoms with van der Waals surface area (Å²) in [4.78, 5) is 12.3. The number of halogens is 3. The number of hydrogen-bond acceptors (Lipinski definition) is 5. The van der Waals surface area contributed by atoms with E-state index in [1.165, 1.54) is 18.2 Å². The molecule has 0 amide bonds. The normalized spacial score (nSPS) is 11.3. The third kappa shape index (κ3) is 7.75. The van der Waals surface area contributed by atoms with Gasteiger partial charge >= 0.3 is 12.1 Å². The van der Waals surface area contributed by atoms with E-state index >= 15 is 0 Å². The van der Waals surface area contributed by atoms with Gasteiger partial charge < -0.3 is 19.5 Å². The Labute approximate surface area is 167 Å². The predicted octanol–water partition coefficient (Wildman–Crippen LogP) is 5.05. The second-order valence-corrected chi connectivity index (χ2v) is 6.11. The van der Waals surface area contributed by atoms with E-state index < -0.39 is 17.7 Å². The number of rotatable bonds is 11. The molecule has 0 saturated heterocycles. The number of anilines is 2. The fraction of sp³-hybridized carbons (Fsp3) is 0.381. The van der Waals surface area contributed by atoms with Crippen molar-refractivity contribution in [2.45, 2.75) is 19.5 Å². The van der Waals surface area contributed by atoms with Crippen LogP contribution in [-0.2, 0) is 20.4 Å². The molecule has 0 spiro atoms. The van der Waals surface area contributed by atoms with E-state index in [0.29, 0.717) is 25.5 Å². The van der Waals surface area contributed by atoms with Gasteiger partial charge in [-0.1, -0.05) is 25.1 Å². The fourth-order valence-electron chi connectivity index (χ4n) is 2.44. The summed E-state index contributed by atoms with van der Waals surface area (Å²) in [6.45, 7) is 3.86. The molecule has 1 N–H and O–H groups in total. The average Bonchev–Trinajstić information content (AvgIpc) is 2.70. The summed E-state index contributed by atoms with van der Waals surface area (Å²) in [6.07, 6.45) is -3.51. The van der Waals surface area contributed by atoms with Crippen LogP contribution in [0.1, 0.15) is 29.3 Å². The Morgan fingerprint density at radius 3 is 2.34 bits per heavy atom. The highest BCUT2D eigenvalue weighted by atomic mass is 19.4. The van der Waals surface area contributed by atoms with E-state index in [1.54, 1.807) is 18.2 Å². The first kappa shape index (κ1) is 22.7. The van der Waals surface area contributed by atoms with Gasteiger partial charge in [0.2, 0.25) is 0 Å². The highest BCUT2D eigenvalue weighted by Crippen LogP contribution is 2.31. The average molecular weight is 411 g/mol. The third-order valence-electron chi connectivity index (χ3n) is 3.80. The van der Waals surface area contributed by atoms with Gasteiger partial charge in [0, 0.05) is 12.3 Å². The van der Waals surface area contributed by atoms with Crippen LogP contribution < -0.4 is 5.32 Å². The van der Waals surface area contributed by atoms with Gasteiger partial charge in [-0.25, -0.2) is 4.79 Å². The van der Waals surface area contributed by atoms with Gasteiger partial charge in [0.05, 0.1) is 36.6 Å². The molecule has 0 unspecified atom stereocenters. The number of esters is 1. The van der Waals surface area contributed by atoms with E-state index in [1.807, 2.05) is 6.92 Å². The minimum Gasteiger partial charge on any atom is -0.460 e. The Kier molecular flexibility index (Phi) is 8.95. The first-order chi connectivity index (χ1) is 13.9. The highest BCUT2D eigenvalue weighted by molar-refractivity contribution is 5.96. The molecule has 158 valence electrons. The number of carbonyl (C=O) groups excluding carboxylic acids is 1. The summed E-state index contributed by atoms with van der Waals surface area (Å²) >= 11 is 0. The first-order valence-electron chi connectivity index (χ1n) is 9.27. The summed E-state index contributed by atoms with van der Waals surface area (Å²) in [5.74, 6) is -0.592. The van der Waals surface area contributed by atoms with Crippen molar-refractivity contribution in [1.29, 1.82) is 0 Å². The van der Waals surface area contributed by atoms with Crippen molar-refractivity contribution in [3.63, 3.8) is 0 Å². The number of benzene rings is 2. The van der Waals surface area contributed by atoms with Crippen LogP contribution in [0.15, 0.2) is 48.5 Å². The van der Waals surface area contributed by atoms with Crippen LogP contribution in [0.2, 0.25) is 0 Å². The standard InChI is InChI=1S/C21H24F3NO4/c1-2-10-27-11-12-28-13-14-29-20(26)18-8-3-4-9-19(18)25-17-7-5-6-16(15-17)21(22,23)24/h3-9,15,25H,2,10-14H2,1H3. The second kappa shape index (κ2) is 11.4. The zero-order chi connectivity index (χ0) is 21.1. The highest BCUT2D eigenvalue weighted by Gasteiger charge is 2.30. The molecule has 0 fully saturated rings.